The van der Waals surface area contributed by atoms with Gasteiger partial charge in [-0.3, -0.25) is 4.79 Å². The summed E-state index contributed by atoms with van der Waals surface area (Å²) in [6.07, 6.45) is 1.68. The third-order valence-corrected chi connectivity index (χ3v) is 2.48. The van der Waals surface area contributed by atoms with Crippen LogP contribution in [0.4, 0.5) is 0 Å². The minimum atomic E-state index is 0.0785. The fourth-order valence-corrected chi connectivity index (χ4v) is 1.50. The van der Waals surface area contributed by atoms with E-state index in [1.165, 1.54) is 0 Å². The van der Waals surface area contributed by atoms with E-state index >= 15 is 0 Å². The molecule has 62 valence electrons. The number of Topliss-reactive ketones (excluding diaryl/α,β-unsaturated/α-hetero) is 1. The molecule has 1 aliphatic rings. The van der Waals surface area contributed by atoms with Crippen LogP contribution in [0.2, 0.25) is 5.15 Å². The highest BCUT2D eigenvalue weighted by Gasteiger charge is 2.46. The highest BCUT2D eigenvalue weighted by Crippen LogP contribution is 2.42. The number of hydrogen-bond acceptors (Lipinski definition) is 2. The van der Waals surface area contributed by atoms with E-state index in [4.69, 9.17) is 11.6 Å². The molecule has 0 spiro atoms. The van der Waals surface area contributed by atoms with E-state index in [-0.39, 0.29) is 11.8 Å². The van der Waals surface area contributed by atoms with Gasteiger partial charge in [0.1, 0.15) is 10.9 Å². The smallest absolute Gasteiger partial charge is 0.144 e. The Balaban J connectivity index is 2.26. The standard InChI is InChI=1S/C9H8ClNO/c1-5-8(9(5)12)6-2-3-7(10)11-4-6/h2-5,8H,1H3. The van der Waals surface area contributed by atoms with Crippen LogP contribution in [0.1, 0.15) is 18.4 Å². The topological polar surface area (TPSA) is 30.0 Å². The van der Waals surface area contributed by atoms with Gasteiger partial charge >= 0.3 is 0 Å². The number of rotatable bonds is 1. The average molecular weight is 182 g/mol. The zero-order chi connectivity index (χ0) is 8.72. The molecule has 0 radical (unpaired) electrons. The number of nitrogens with zero attached hydrogens (tertiary/aromatic N) is 1. The molecule has 2 atom stereocenters. The first kappa shape index (κ1) is 7.74. The zero-order valence-corrected chi connectivity index (χ0v) is 7.38. The fourth-order valence-electron chi connectivity index (χ4n) is 1.39. The molecular weight excluding hydrogens is 174 g/mol. The van der Waals surface area contributed by atoms with Crippen molar-refractivity contribution in [2.45, 2.75) is 12.8 Å². The van der Waals surface area contributed by atoms with Gasteiger partial charge in [0.05, 0.1) is 5.92 Å². The Hall–Kier alpha value is -0.890. The highest BCUT2D eigenvalue weighted by molar-refractivity contribution is 6.29. The molecule has 1 aliphatic carbocycles. The zero-order valence-electron chi connectivity index (χ0n) is 6.62. The highest BCUT2D eigenvalue weighted by atomic mass is 35.5. The molecule has 0 aliphatic heterocycles. The lowest BCUT2D eigenvalue weighted by Gasteiger charge is -1.94. The van der Waals surface area contributed by atoms with Crippen molar-refractivity contribution in [1.29, 1.82) is 0 Å². The molecule has 2 rings (SSSR count). The fraction of sp³-hybridized carbons (Fsp3) is 0.333. The lowest BCUT2D eigenvalue weighted by atomic mass is 10.2. The van der Waals surface area contributed by atoms with E-state index in [9.17, 15) is 4.79 Å². The number of carbonyl (C=O) groups excluding carboxylic acids is 1. The van der Waals surface area contributed by atoms with Crippen LogP contribution in [0.15, 0.2) is 18.3 Å². The summed E-state index contributed by atoms with van der Waals surface area (Å²) in [5, 5.41) is 0.472. The maximum absolute atomic E-state index is 11.0. The number of hydrogen-bond donors (Lipinski definition) is 0. The Kier molecular flexibility index (Phi) is 1.65. The summed E-state index contributed by atoms with van der Waals surface area (Å²) >= 11 is 5.61. The summed E-state index contributed by atoms with van der Waals surface area (Å²) in [6.45, 7) is 1.93. The van der Waals surface area contributed by atoms with Crippen molar-refractivity contribution in [3.8, 4) is 0 Å². The van der Waals surface area contributed by atoms with E-state index in [2.05, 4.69) is 4.98 Å². The van der Waals surface area contributed by atoms with E-state index in [1.54, 1.807) is 12.3 Å². The van der Waals surface area contributed by atoms with Crippen LogP contribution >= 0.6 is 11.6 Å². The molecule has 0 N–H and O–H groups in total. The van der Waals surface area contributed by atoms with Crippen molar-refractivity contribution in [2.24, 2.45) is 5.92 Å². The third-order valence-electron chi connectivity index (χ3n) is 2.26. The monoisotopic (exact) mass is 181 g/mol. The molecule has 2 nitrogen and oxygen atoms in total. The van der Waals surface area contributed by atoms with Crippen LogP contribution in [0.3, 0.4) is 0 Å². The van der Waals surface area contributed by atoms with Crippen LogP contribution < -0.4 is 0 Å². The summed E-state index contributed by atoms with van der Waals surface area (Å²) < 4.78 is 0. The van der Waals surface area contributed by atoms with Crippen LogP contribution in [0.5, 0.6) is 0 Å². The van der Waals surface area contributed by atoms with E-state index in [1.807, 2.05) is 13.0 Å². The molecule has 0 saturated heterocycles. The molecule has 3 heteroatoms. The Bertz CT molecular complexity index is 320. The second kappa shape index (κ2) is 2.56. The van der Waals surface area contributed by atoms with Gasteiger partial charge in [-0.15, -0.1) is 0 Å². The van der Waals surface area contributed by atoms with Gasteiger partial charge in [-0.2, -0.15) is 0 Å². The number of aromatic nitrogens is 1. The van der Waals surface area contributed by atoms with E-state index < -0.39 is 0 Å². The molecule has 1 aromatic heterocycles. The van der Waals surface area contributed by atoms with Gasteiger partial charge in [0.2, 0.25) is 0 Å². The van der Waals surface area contributed by atoms with Crippen molar-refractivity contribution in [3.63, 3.8) is 0 Å². The SMILES string of the molecule is CC1C(=O)C1c1ccc(Cl)nc1. The lowest BCUT2D eigenvalue weighted by molar-refractivity contribution is -0.111. The first-order valence-corrected chi connectivity index (χ1v) is 4.23. The Morgan fingerprint density at radius 1 is 1.50 bits per heavy atom. The van der Waals surface area contributed by atoms with Crippen molar-refractivity contribution in [1.82, 2.24) is 4.98 Å². The molecule has 0 amide bonds. The molecule has 0 aromatic carbocycles. The molecule has 1 fully saturated rings. The largest absolute Gasteiger partial charge is 0.299 e. The van der Waals surface area contributed by atoms with Crippen LogP contribution in [-0.4, -0.2) is 10.8 Å². The van der Waals surface area contributed by atoms with Gasteiger partial charge in [-0.05, 0) is 11.6 Å². The molecule has 12 heavy (non-hydrogen) atoms. The average Bonchev–Trinajstić information content (AvgIpc) is 2.63. The first-order chi connectivity index (χ1) is 5.70. The summed E-state index contributed by atoms with van der Waals surface area (Å²) in [6, 6.07) is 3.58. The Labute approximate surface area is 75.6 Å². The van der Waals surface area contributed by atoms with Crippen LogP contribution in [-0.2, 0) is 4.79 Å². The number of halogens is 1. The van der Waals surface area contributed by atoms with Crippen molar-refractivity contribution in [2.75, 3.05) is 0 Å². The number of ketones is 1. The Morgan fingerprint density at radius 2 is 2.17 bits per heavy atom. The van der Waals surface area contributed by atoms with E-state index in [0.29, 0.717) is 10.9 Å². The maximum atomic E-state index is 11.0. The minimum absolute atomic E-state index is 0.0785. The van der Waals surface area contributed by atoms with Crippen molar-refractivity contribution < 1.29 is 4.79 Å². The summed E-state index contributed by atoms with van der Waals surface area (Å²) in [5.74, 6) is 0.557. The maximum Gasteiger partial charge on any atom is 0.144 e. The molecule has 0 bridgehead atoms. The van der Waals surface area contributed by atoms with Crippen LogP contribution in [0.25, 0.3) is 0 Å². The van der Waals surface area contributed by atoms with Gasteiger partial charge < -0.3 is 0 Å². The van der Waals surface area contributed by atoms with E-state index in [0.717, 1.165) is 5.56 Å². The second-order valence-corrected chi connectivity index (χ2v) is 3.47. The predicted octanol–water partition coefficient (Wildman–Crippen LogP) is 2.04. The predicted molar refractivity (Wildman–Crippen MR) is 46.2 cm³/mol. The second-order valence-electron chi connectivity index (χ2n) is 3.08. The normalized spacial score (nSPS) is 27.3. The molecular formula is C9H8ClNO. The molecule has 1 aromatic rings. The van der Waals surface area contributed by atoms with Crippen LogP contribution in [0, 0.1) is 5.92 Å². The molecule has 1 heterocycles. The lowest BCUT2D eigenvalue weighted by Crippen LogP contribution is -1.84. The molecule has 2 unspecified atom stereocenters. The first-order valence-electron chi connectivity index (χ1n) is 3.85. The van der Waals surface area contributed by atoms with Crippen molar-refractivity contribution >= 4 is 17.4 Å². The summed E-state index contributed by atoms with van der Waals surface area (Å²) in [4.78, 5) is 15.0. The van der Waals surface area contributed by atoms with Gasteiger partial charge in [0.15, 0.2) is 0 Å². The minimum Gasteiger partial charge on any atom is -0.299 e. The van der Waals surface area contributed by atoms with Gasteiger partial charge in [0, 0.05) is 12.1 Å². The van der Waals surface area contributed by atoms with Gasteiger partial charge in [-0.25, -0.2) is 4.98 Å². The third kappa shape index (κ3) is 1.12. The van der Waals surface area contributed by atoms with Crippen molar-refractivity contribution in [3.05, 3.63) is 29.0 Å². The summed E-state index contributed by atoms with van der Waals surface area (Å²) in [7, 11) is 0. The van der Waals surface area contributed by atoms with Gasteiger partial charge in [-0.1, -0.05) is 24.6 Å². The quantitative estimate of drug-likeness (QED) is 0.621. The molecule has 1 saturated carbocycles. The Morgan fingerprint density at radius 3 is 2.58 bits per heavy atom. The van der Waals surface area contributed by atoms with Gasteiger partial charge in [0.25, 0.3) is 0 Å². The summed E-state index contributed by atoms with van der Waals surface area (Å²) in [5.41, 5.74) is 0.983. The number of pyridine rings is 1. The number of carbonyl (C=O) groups is 1.